The van der Waals surface area contributed by atoms with Crippen LogP contribution in [0.3, 0.4) is 0 Å². The molecule has 0 aromatic heterocycles. The van der Waals surface area contributed by atoms with Gasteiger partial charge in [0.1, 0.15) is 5.78 Å². The Morgan fingerprint density at radius 2 is 1.89 bits per heavy atom. The summed E-state index contributed by atoms with van der Waals surface area (Å²) in [5, 5.41) is 2.78. The Hall–Kier alpha value is -1.43. The van der Waals surface area contributed by atoms with Crippen LogP contribution in [0.15, 0.2) is 0 Å². The number of amides is 2. The summed E-state index contributed by atoms with van der Waals surface area (Å²) in [6.07, 6.45) is 1.80. The van der Waals surface area contributed by atoms with Gasteiger partial charge in [-0.25, -0.2) is 0 Å². The average molecular weight is 253 g/mol. The van der Waals surface area contributed by atoms with Gasteiger partial charge in [-0.15, -0.1) is 0 Å². The maximum absolute atomic E-state index is 12.0. The van der Waals surface area contributed by atoms with Crippen molar-refractivity contribution in [3.8, 4) is 0 Å². The van der Waals surface area contributed by atoms with E-state index in [1.54, 1.807) is 4.90 Å². The number of carbonyl (C=O) groups is 3. The van der Waals surface area contributed by atoms with Crippen LogP contribution in [0.25, 0.3) is 0 Å². The second kappa shape index (κ2) is 5.95. The summed E-state index contributed by atoms with van der Waals surface area (Å²) in [7, 11) is 0. The molecule has 18 heavy (non-hydrogen) atoms. The second-order valence-corrected chi connectivity index (χ2v) is 4.83. The van der Waals surface area contributed by atoms with Gasteiger partial charge in [-0.2, -0.15) is 0 Å². The van der Waals surface area contributed by atoms with Gasteiger partial charge in [0.25, 0.3) is 0 Å². The first-order chi connectivity index (χ1) is 8.65. The molecule has 2 heterocycles. The molecule has 0 aliphatic carbocycles. The van der Waals surface area contributed by atoms with Crippen LogP contribution in [0.5, 0.6) is 0 Å². The Kier molecular flexibility index (Phi) is 4.30. The Balaban J connectivity index is 1.82. The zero-order valence-corrected chi connectivity index (χ0v) is 10.5. The van der Waals surface area contributed by atoms with Gasteiger partial charge in [-0.1, -0.05) is 0 Å². The van der Waals surface area contributed by atoms with Gasteiger partial charge in [0, 0.05) is 39.0 Å². The van der Waals surface area contributed by atoms with Gasteiger partial charge in [0.2, 0.25) is 11.8 Å². The average Bonchev–Trinajstić information content (AvgIpc) is 2.54. The number of hydrogen-bond acceptors (Lipinski definition) is 4. The van der Waals surface area contributed by atoms with Gasteiger partial charge in [0.15, 0.2) is 0 Å². The highest BCUT2D eigenvalue weighted by molar-refractivity contribution is 5.85. The van der Waals surface area contributed by atoms with Gasteiger partial charge in [-0.3, -0.25) is 19.3 Å². The summed E-state index contributed by atoms with van der Waals surface area (Å²) in [6.45, 7) is 3.06. The smallest absolute Gasteiger partial charge is 0.236 e. The first-order valence-electron chi connectivity index (χ1n) is 6.43. The number of hydrogen-bond donors (Lipinski definition) is 1. The van der Waals surface area contributed by atoms with E-state index >= 15 is 0 Å². The van der Waals surface area contributed by atoms with Crippen LogP contribution < -0.4 is 5.32 Å². The van der Waals surface area contributed by atoms with E-state index in [2.05, 4.69) is 5.32 Å². The normalized spacial score (nSPS) is 22.6. The van der Waals surface area contributed by atoms with Crippen molar-refractivity contribution in [3.63, 3.8) is 0 Å². The minimum Gasteiger partial charge on any atom is -0.355 e. The number of rotatable bonds is 2. The highest BCUT2D eigenvalue weighted by Gasteiger charge is 2.23. The van der Waals surface area contributed by atoms with E-state index in [1.165, 1.54) is 0 Å². The van der Waals surface area contributed by atoms with Crippen molar-refractivity contribution < 1.29 is 14.4 Å². The molecule has 2 aliphatic heterocycles. The molecular weight excluding hydrogens is 234 g/mol. The summed E-state index contributed by atoms with van der Waals surface area (Å²) in [6, 6.07) is 0. The highest BCUT2D eigenvalue weighted by Crippen LogP contribution is 2.07. The fourth-order valence-electron chi connectivity index (χ4n) is 2.30. The zero-order valence-electron chi connectivity index (χ0n) is 10.5. The quantitative estimate of drug-likeness (QED) is 0.685. The van der Waals surface area contributed by atoms with Crippen LogP contribution >= 0.6 is 0 Å². The van der Waals surface area contributed by atoms with Crippen molar-refractivity contribution in [2.45, 2.75) is 19.3 Å². The molecule has 6 nitrogen and oxygen atoms in total. The Morgan fingerprint density at radius 1 is 1.17 bits per heavy atom. The second-order valence-electron chi connectivity index (χ2n) is 4.83. The van der Waals surface area contributed by atoms with Gasteiger partial charge < -0.3 is 10.2 Å². The third-order valence-electron chi connectivity index (χ3n) is 3.37. The molecule has 100 valence electrons. The molecule has 0 aromatic carbocycles. The van der Waals surface area contributed by atoms with Gasteiger partial charge in [-0.05, 0) is 6.42 Å². The summed E-state index contributed by atoms with van der Waals surface area (Å²) >= 11 is 0. The maximum atomic E-state index is 12.0. The van der Waals surface area contributed by atoms with Crippen molar-refractivity contribution in [3.05, 3.63) is 0 Å². The number of ketones is 1. The van der Waals surface area contributed by atoms with E-state index in [9.17, 15) is 14.4 Å². The molecule has 2 fully saturated rings. The number of nitrogens with zero attached hydrogens (tertiary/aromatic N) is 2. The minimum absolute atomic E-state index is 0.0193. The van der Waals surface area contributed by atoms with Crippen molar-refractivity contribution in [1.29, 1.82) is 0 Å². The SMILES string of the molecule is O=C1CCN(C(=O)CN2CCCNC(=O)C2)CC1. The molecule has 2 amide bonds. The number of piperidine rings is 1. The molecule has 0 spiro atoms. The summed E-state index contributed by atoms with van der Waals surface area (Å²) in [4.78, 5) is 38.1. The molecule has 0 saturated carbocycles. The number of carbonyl (C=O) groups excluding carboxylic acids is 3. The third-order valence-corrected chi connectivity index (χ3v) is 3.37. The first kappa shape index (κ1) is 13.0. The molecule has 1 N–H and O–H groups in total. The van der Waals surface area contributed by atoms with Gasteiger partial charge >= 0.3 is 0 Å². The van der Waals surface area contributed by atoms with Crippen molar-refractivity contribution >= 4 is 17.6 Å². The van der Waals surface area contributed by atoms with Crippen molar-refractivity contribution in [2.24, 2.45) is 0 Å². The van der Waals surface area contributed by atoms with Crippen LogP contribution in [0.1, 0.15) is 19.3 Å². The lowest BCUT2D eigenvalue weighted by Gasteiger charge is -2.28. The zero-order chi connectivity index (χ0) is 13.0. The Bertz CT molecular complexity index is 346. The molecule has 0 unspecified atom stereocenters. The van der Waals surface area contributed by atoms with E-state index in [1.807, 2.05) is 4.90 Å². The molecule has 2 aliphatic rings. The molecule has 0 aromatic rings. The monoisotopic (exact) mass is 253 g/mol. The van der Waals surface area contributed by atoms with Crippen molar-refractivity contribution in [1.82, 2.24) is 15.1 Å². The van der Waals surface area contributed by atoms with Crippen LogP contribution in [0.4, 0.5) is 0 Å². The molecule has 0 bridgehead atoms. The number of nitrogens with one attached hydrogen (secondary N) is 1. The van der Waals surface area contributed by atoms with E-state index < -0.39 is 0 Å². The molecule has 6 heteroatoms. The summed E-state index contributed by atoms with van der Waals surface area (Å²) in [5.41, 5.74) is 0. The first-order valence-corrected chi connectivity index (χ1v) is 6.43. The molecule has 0 atom stereocenters. The predicted molar refractivity (Wildman–Crippen MR) is 64.9 cm³/mol. The molecular formula is C12H19N3O3. The standard InChI is InChI=1S/C12H19N3O3/c16-10-2-6-15(7-3-10)12(18)9-14-5-1-4-13-11(17)8-14/h1-9H2,(H,13,17). The molecule has 2 rings (SSSR count). The van der Waals surface area contributed by atoms with Crippen molar-refractivity contribution in [2.75, 3.05) is 39.3 Å². The topological polar surface area (TPSA) is 69.7 Å². The summed E-state index contributed by atoms with van der Waals surface area (Å²) < 4.78 is 0. The lowest BCUT2D eigenvalue weighted by atomic mass is 10.1. The minimum atomic E-state index is -0.0193. The van der Waals surface area contributed by atoms with Crippen LogP contribution in [0, 0.1) is 0 Å². The van der Waals surface area contributed by atoms with Crippen LogP contribution in [0.2, 0.25) is 0 Å². The van der Waals surface area contributed by atoms with E-state index in [-0.39, 0.29) is 24.1 Å². The predicted octanol–water partition coefficient (Wildman–Crippen LogP) is -1.00. The van der Waals surface area contributed by atoms with E-state index in [0.717, 1.165) is 13.0 Å². The summed E-state index contributed by atoms with van der Waals surface area (Å²) in [5.74, 6) is 0.236. The van der Waals surface area contributed by atoms with Crippen LogP contribution in [-0.4, -0.2) is 66.7 Å². The van der Waals surface area contributed by atoms with Gasteiger partial charge in [0.05, 0.1) is 13.1 Å². The number of Topliss-reactive ketones (excluding diaryl/α,β-unsaturated/α-hetero) is 1. The highest BCUT2D eigenvalue weighted by atomic mass is 16.2. The molecule has 0 radical (unpaired) electrons. The lowest BCUT2D eigenvalue weighted by Crippen LogP contribution is -2.45. The Morgan fingerprint density at radius 3 is 2.61 bits per heavy atom. The number of likely N-dealkylation sites (tertiary alicyclic amines) is 1. The molecule has 2 saturated heterocycles. The van der Waals surface area contributed by atoms with E-state index in [4.69, 9.17) is 0 Å². The van der Waals surface area contributed by atoms with E-state index in [0.29, 0.717) is 39.0 Å². The largest absolute Gasteiger partial charge is 0.355 e. The lowest BCUT2D eigenvalue weighted by molar-refractivity contribution is -0.135. The van der Waals surface area contributed by atoms with Crippen LogP contribution in [-0.2, 0) is 14.4 Å². The third kappa shape index (κ3) is 3.53. The fourth-order valence-corrected chi connectivity index (χ4v) is 2.30. The fraction of sp³-hybridized carbons (Fsp3) is 0.750. The maximum Gasteiger partial charge on any atom is 0.236 e. The Labute approximate surface area is 106 Å².